The van der Waals surface area contributed by atoms with Gasteiger partial charge in [0.2, 0.25) is 0 Å². The summed E-state index contributed by atoms with van der Waals surface area (Å²) in [5.41, 5.74) is 0.270. The van der Waals surface area contributed by atoms with Gasteiger partial charge in [0.15, 0.2) is 11.6 Å². The molecule has 0 unspecified atom stereocenters. The number of hydrogen-bond donors (Lipinski definition) is 1. The quantitative estimate of drug-likeness (QED) is 0.790. The van der Waals surface area contributed by atoms with Crippen molar-refractivity contribution in [2.24, 2.45) is 0 Å². The number of halogens is 3. The monoisotopic (exact) mass is 308 g/mol. The van der Waals surface area contributed by atoms with Gasteiger partial charge in [-0.3, -0.25) is 4.98 Å². The van der Waals surface area contributed by atoms with Crippen LogP contribution >= 0.6 is 11.6 Å². The third-order valence-corrected chi connectivity index (χ3v) is 2.91. The number of rotatable bonds is 2. The Hall–Kier alpha value is -2.54. The zero-order valence-corrected chi connectivity index (χ0v) is 11.1. The molecule has 2 aromatic heterocycles. The second kappa shape index (κ2) is 5.10. The molecule has 0 spiro atoms. The van der Waals surface area contributed by atoms with Gasteiger partial charge in [-0.25, -0.2) is 13.5 Å². The molecule has 0 saturated carbocycles. The van der Waals surface area contributed by atoms with Crippen molar-refractivity contribution in [3.8, 4) is 23.2 Å². The molecule has 0 amide bonds. The van der Waals surface area contributed by atoms with Crippen molar-refractivity contribution in [2.75, 3.05) is 0 Å². The number of benzene rings is 1. The van der Waals surface area contributed by atoms with Gasteiger partial charge in [0.05, 0.1) is 5.02 Å². The van der Waals surface area contributed by atoms with Gasteiger partial charge < -0.3 is 5.11 Å². The van der Waals surface area contributed by atoms with E-state index in [-0.39, 0.29) is 11.5 Å². The van der Waals surface area contributed by atoms with Gasteiger partial charge in [-0.2, -0.15) is 4.98 Å². The molecule has 0 fully saturated rings. The van der Waals surface area contributed by atoms with Gasteiger partial charge >= 0.3 is 6.01 Å². The first-order valence-electron chi connectivity index (χ1n) is 5.78. The van der Waals surface area contributed by atoms with Crippen molar-refractivity contribution in [1.29, 1.82) is 0 Å². The van der Waals surface area contributed by atoms with Crippen LogP contribution in [-0.2, 0) is 0 Å². The molecule has 3 aromatic rings. The molecular weight excluding hydrogens is 302 g/mol. The molecule has 0 saturated heterocycles. The summed E-state index contributed by atoms with van der Waals surface area (Å²) >= 11 is 5.75. The highest BCUT2D eigenvalue weighted by Crippen LogP contribution is 2.24. The van der Waals surface area contributed by atoms with E-state index in [1.54, 1.807) is 12.1 Å². The molecule has 106 valence electrons. The molecule has 0 bridgehead atoms. The molecule has 2 heterocycles. The molecule has 21 heavy (non-hydrogen) atoms. The summed E-state index contributed by atoms with van der Waals surface area (Å²) in [6, 6.07) is 5.55. The van der Waals surface area contributed by atoms with Gasteiger partial charge in [0, 0.05) is 12.3 Å². The van der Waals surface area contributed by atoms with Crippen molar-refractivity contribution in [3.05, 3.63) is 53.2 Å². The molecule has 0 atom stereocenters. The minimum absolute atomic E-state index is 0.0593. The topological polar surface area (TPSA) is 63.8 Å². The van der Waals surface area contributed by atoms with E-state index in [0.29, 0.717) is 16.8 Å². The molecule has 0 aliphatic heterocycles. The van der Waals surface area contributed by atoms with E-state index >= 15 is 0 Å². The molecule has 0 aliphatic rings. The van der Waals surface area contributed by atoms with Crippen LogP contribution in [0.1, 0.15) is 0 Å². The molecule has 1 aromatic carbocycles. The average Bonchev–Trinajstić information content (AvgIpc) is 2.81. The highest BCUT2D eigenvalue weighted by Gasteiger charge is 2.17. The smallest absolute Gasteiger partial charge is 0.333 e. The van der Waals surface area contributed by atoms with Gasteiger partial charge in [-0.05, 0) is 24.3 Å². The molecule has 8 heteroatoms. The zero-order valence-electron chi connectivity index (χ0n) is 10.3. The predicted octanol–water partition coefficient (Wildman–Crippen LogP) is 2.97. The molecule has 0 aliphatic carbocycles. The van der Waals surface area contributed by atoms with Crippen LogP contribution in [0.4, 0.5) is 8.78 Å². The Labute approximate surface area is 122 Å². The number of hydrogen-bond acceptors (Lipinski definition) is 4. The van der Waals surface area contributed by atoms with Crippen molar-refractivity contribution in [3.63, 3.8) is 0 Å². The van der Waals surface area contributed by atoms with Crippen LogP contribution < -0.4 is 0 Å². The Morgan fingerprint density at radius 1 is 1.14 bits per heavy atom. The Kier molecular flexibility index (Phi) is 3.26. The highest BCUT2D eigenvalue weighted by atomic mass is 35.5. The maximum Gasteiger partial charge on any atom is 0.333 e. The predicted molar refractivity (Wildman–Crippen MR) is 71.2 cm³/mol. The fourth-order valence-electron chi connectivity index (χ4n) is 1.80. The van der Waals surface area contributed by atoms with E-state index < -0.39 is 17.6 Å². The standard InChI is InChI=1S/C13H7ClF2N4O/c14-7-1-3-10(17-6-7)12-18-13(21)19-20(12)11-4-2-8(15)5-9(11)16/h1-6H,(H,19,21). The Morgan fingerprint density at radius 3 is 2.62 bits per heavy atom. The SMILES string of the molecule is Oc1nc(-c2ccc(Cl)cn2)n(-c2ccc(F)cc2F)n1. The summed E-state index contributed by atoms with van der Waals surface area (Å²) in [6.07, 6.45) is 1.38. The summed E-state index contributed by atoms with van der Waals surface area (Å²) in [4.78, 5) is 7.82. The van der Waals surface area contributed by atoms with E-state index in [4.69, 9.17) is 11.6 Å². The lowest BCUT2D eigenvalue weighted by Crippen LogP contribution is -2.03. The first-order valence-corrected chi connectivity index (χ1v) is 6.16. The Bertz CT molecular complexity index is 804. The summed E-state index contributed by atoms with van der Waals surface area (Å²) in [5, 5.41) is 13.6. The summed E-state index contributed by atoms with van der Waals surface area (Å²) in [6.45, 7) is 0. The summed E-state index contributed by atoms with van der Waals surface area (Å²) < 4.78 is 27.9. The molecule has 3 rings (SSSR count). The van der Waals surface area contributed by atoms with E-state index in [1.807, 2.05) is 0 Å². The Morgan fingerprint density at radius 2 is 1.95 bits per heavy atom. The molecule has 0 radical (unpaired) electrons. The van der Waals surface area contributed by atoms with Crippen molar-refractivity contribution in [2.45, 2.75) is 0 Å². The maximum absolute atomic E-state index is 13.9. The second-order valence-electron chi connectivity index (χ2n) is 4.10. The van der Waals surface area contributed by atoms with E-state index in [0.717, 1.165) is 10.7 Å². The molecular formula is C13H7ClF2N4O. The van der Waals surface area contributed by atoms with E-state index in [9.17, 15) is 13.9 Å². The fraction of sp³-hybridized carbons (Fsp3) is 0. The van der Waals surface area contributed by atoms with Crippen LogP contribution in [0.15, 0.2) is 36.5 Å². The summed E-state index contributed by atoms with van der Waals surface area (Å²) in [7, 11) is 0. The lowest BCUT2D eigenvalue weighted by atomic mass is 10.3. The lowest BCUT2D eigenvalue weighted by Gasteiger charge is -2.06. The fourth-order valence-corrected chi connectivity index (χ4v) is 1.91. The van der Waals surface area contributed by atoms with E-state index in [2.05, 4.69) is 15.1 Å². The number of pyridine rings is 1. The van der Waals surface area contributed by atoms with Gasteiger partial charge in [0.25, 0.3) is 0 Å². The number of aromatic nitrogens is 4. The van der Waals surface area contributed by atoms with Crippen LogP contribution in [0, 0.1) is 11.6 Å². The second-order valence-corrected chi connectivity index (χ2v) is 4.54. The van der Waals surface area contributed by atoms with Crippen LogP contribution in [0.2, 0.25) is 5.02 Å². The summed E-state index contributed by atoms with van der Waals surface area (Å²) in [5.74, 6) is -1.45. The lowest BCUT2D eigenvalue weighted by molar-refractivity contribution is 0.429. The van der Waals surface area contributed by atoms with Crippen molar-refractivity contribution >= 4 is 11.6 Å². The van der Waals surface area contributed by atoms with Crippen LogP contribution in [-0.4, -0.2) is 24.9 Å². The minimum Gasteiger partial charge on any atom is -0.478 e. The third kappa shape index (κ3) is 2.55. The first kappa shape index (κ1) is 13.4. The van der Waals surface area contributed by atoms with Crippen LogP contribution in [0.3, 0.4) is 0 Å². The minimum atomic E-state index is -0.838. The van der Waals surface area contributed by atoms with Crippen LogP contribution in [0.25, 0.3) is 17.2 Å². The normalized spacial score (nSPS) is 10.8. The van der Waals surface area contributed by atoms with Crippen molar-refractivity contribution in [1.82, 2.24) is 19.7 Å². The highest BCUT2D eigenvalue weighted by molar-refractivity contribution is 6.30. The number of aromatic hydroxyl groups is 1. The Balaban J connectivity index is 2.17. The van der Waals surface area contributed by atoms with Gasteiger partial charge in [-0.15, -0.1) is 5.10 Å². The molecule has 1 N–H and O–H groups in total. The van der Waals surface area contributed by atoms with Gasteiger partial charge in [-0.1, -0.05) is 11.6 Å². The van der Waals surface area contributed by atoms with Crippen molar-refractivity contribution < 1.29 is 13.9 Å². The van der Waals surface area contributed by atoms with Crippen LogP contribution in [0.5, 0.6) is 6.01 Å². The maximum atomic E-state index is 13.9. The largest absolute Gasteiger partial charge is 0.478 e. The zero-order chi connectivity index (χ0) is 15.0. The van der Waals surface area contributed by atoms with E-state index in [1.165, 1.54) is 12.3 Å². The molecule has 5 nitrogen and oxygen atoms in total. The van der Waals surface area contributed by atoms with Gasteiger partial charge in [0.1, 0.15) is 17.2 Å². The average molecular weight is 309 g/mol. The first-order chi connectivity index (χ1) is 10.0. The number of nitrogens with zero attached hydrogens (tertiary/aromatic N) is 4. The third-order valence-electron chi connectivity index (χ3n) is 2.69.